The molecule has 0 amide bonds. The normalized spacial score (nSPS) is 25.0. The largest absolute Gasteiger partial charge is 0.393 e. The minimum Gasteiger partial charge on any atom is -0.393 e. The van der Waals surface area contributed by atoms with Gasteiger partial charge < -0.3 is 10.0 Å². The summed E-state index contributed by atoms with van der Waals surface area (Å²) in [7, 11) is 0. The predicted molar refractivity (Wildman–Crippen MR) is 68.3 cm³/mol. The maximum absolute atomic E-state index is 9.93. The maximum Gasteiger partial charge on any atom is 0.134 e. The van der Waals surface area contributed by atoms with Crippen molar-refractivity contribution in [3.8, 4) is 0 Å². The second kappa shape index (κ2) is 5.65. The molecular formula is C12H18ClN3O. The Hall–Kier alpha value is -0.870. The number of nitrogens with zero attached hydrogens (tertiary/aromatic N) is 3. The van der Waals surface area contributed by atoms with Crippen molar-refractivity contribution in [2.75, 3.05) is 18.0 Å². The first-order valence-corrected chi connectivity index (χ1v) is 6.49. The van der Waals surface area contributed by atoms with Gasteiger partial charge in [0.15, 0.2) is 0 Å². The van der Waals surface area contributed by atoms with Crippen molar-refractivity contribution in [2.24, 2.45) is 5.92 Å². The van der Waals surface area contributed by atoms with E-state index in [1.165, 1.54) is 6.33 Å². The first kappa shape index (κ1) is 12.6. The molecule has 0 bridgehead atoms. The number of aromatic nitrogens is 2. The lowest BCUT2D eigenvalue weighted by molar-refractivity contribution is 0.0828. The molecular weight excluding hydrogens is 238 g/mol. The van der Waals surface area contributed by atoms with Gasteiger partial charge in [-0.05, 0) is 12.8 Å². The number of piperidine rings is 1. The summed E-state index contributed by atoms with van der Waals surface area (Å²) in [5.74, 6) is 1.19. The molecule has 1 saturated heterocycles. The van der Waals surface area contributed by atoms with Crippen LogP contribution in [0.2, 0.25) is 5.15 Å². The third kappa shape index (κ3) is 3.07. The van der Waals surface area contributed by atoms with Gasteiger partial charge in [-0.3, -0.25) is 0 Å². The van der Waals surface area contributed by atoms with Crippen LogP contribution >= 0.6 is 11.6 Å². The number of hydrogen-bond acceptors (Lipinski definition) is 4. The fourth-order valence-electron chi connectivity index (χ4n) is 2.38. The molecule has 2 heterocycles. The molecule has 94 valence electrons. The van der Waals surface area contributed by atoms with Crippen molar-refractivity contribution < 1.29 is 5.11 Å². The van der Waals surface area contributed by atoms with E-state index in [-0.39, 0.29) is 6.10 Å². The Morgan fingerprint density at radius 1 is 1.53 bits per heavy atom. The van der Waals surface area contributed by atoms with Gasteiger partial charge in [0.2, 0.25) is 0 Å². The highest BCUT2D eigenvalue weighted by Crippen LogP contribution is 2.25. The molecule has 4 nitrogen and oxygen atoms in total. The number of aliphatic hydroxyl groups is 1. The highest BCUT2D eigenvalue weighted by molar-refractivity contribution is 6.29. The zero-order valence-electron chi connectivity index (χ0n) is 10.0. The molecule has 0 aromatic carbocycles. The van der Waals surface area contributed by atoms with E-state index < -0.39 is 0 Å². The lowest BCUT2D eigenvalue weighted by atomic mass is 9.91. The second-order valence-corrected chi connectivity index (χ2v) is 4.94. The Morgan fingerprint density at radius 2 is 2.35 bits per heavy atom. The van der Waals surface area contributed by atoms with E-state index in [9.17, 15) is 5.11 Å². The summed E-state index contributed by atoms with van der Waals surface area (Å²) in [6, 6.07) is 1.78. The molecule has 2 atom stereocenters. The van der Waals surface area contributed by atoms with Gasteiger partial charge in [0.05, 0.1) is 6.10 Å². The van der Waals surface area contributed by atoms with Gasteiger partial charge in [0.25, 0.3) is 0 Å². The molecule has 0 radical (unpaired) electrons. The second-order valence-electron chi connectivity index (χ2n) is 4.55. The topological polar surface area (TPSA) is 49.2 Å². The first-order valence-electron chi connectivity index (χ1n) is 6.11. The van der Waals surface area contributed by atoms with Crippen LogP contribution in [0.1, 0.15) is 26.2 Å². The van der Waals surface area contributed by atoms with Crippen LogP contribution in [0.15, 0.2) is 12.4 Å². The van der Waals surface area contributed by atoms with Crippen LogP contribution in [-0.4, -0.2) is 34.3 Å². The van der Waals surface area contributed by atoms with Crippen molar-refractivity contribution in [3.63, 3.8) is 0 Å². The van der Waals surface area contributed by atoms with E-state index in [4.69, 9.17) is 11.6 Å². The zero-order valence-corrected chi connectivity index (χ0v) is 10.8. The van der Waals surface area contributed by atoms with Crippen LogP contribution in [0.4, 0.5) is 5.82 Å². The molecule has 1 N–H and O–H groups in total. The van der Waals surface area contributed by atoms with Gasteiger partial charge in [0, 0.05) is 25.1 Å². The third-order valence-electron chi connectivity index (χ3n) is 3.30. The fourth-order valence-corrected chi connectivity index (χ4v) is 2.52. The van der Waals surface area contributed by atoms with Gasteiger partial charge in [-0.15, -0.1) is 0 Å². The summed E-state index contributed by atoms with van der Waals surface area (Å²) in [4.78, 5) is 10.3. The standard InChI is InChI=1S/C12H18ClN3O/c1-2-3-9-7-16(5-4-10(9)17)12-6-11(13)14-8-15-12/h6,8-10,17H,2-5,7H2,1H3/t9-,10+/m1/s1. The van der Waals surface area contributed by atoms with Crippen LogP contribution in [0, 0.1) is 5.92 Å². The molecule has 1 aliphatic rings. The molecule has 1 aliphatic heterocycles. The van der Waals surface area contributed by atoms with Crippen LogP contribution in [0.5, 0.6) is 0 Å². The summed E-state index contributed by atoms with van der Waals surface area (Å²) in [5.41, 5.74) is 0. The zero-order chi connectivity index (χ0) is 12.3. The molecule has 1 fully saturated rings. The van der Waals surface area contributed by atoms with E-state index >= 15 is 0 Å². The van der Waals surface area contributed by atoms with Gasteiger partial charge in [-0.25, -0.2) is 9.97 Å². The summed E-state index contributed by atoms with van der Waals surface area (Å²) in [5, 5.41) is 10.4. The summed E-state index contributed by atoms with van der Waals surface area (Å²) < 4.78 is 0. The Labute approximate surface area is 107 Å². The lowest BCUT2D eigenvalue weighted by Gasteiger charge is -2.36. The van der Waals surface area contributed by atoms with E-state index in [0.29, 0.717) is 11.1 Å². The van der Waals surface area contributed by atoms with Crippen molar-refractivity contribution in [1.82, 2.24) is 9.97 Å². The lowest BCUT2D eigenvalue weighted by Crippen LogP contribution is -2.43. The Bertz CT molecular complexity index is 375. The molecule has 17 heavy (non-hydrogen) atoms. The van der Waals surface area contributed by atoms with E-state index in [2.05, 4.69) is 21.8 Å². The Balaban J connectivity index is 2.07. The molecule has 0 saturated carbocycles. The van der Waals surface area contributed by atoms with E-state index in [1.807, 2.05) is 0 Å². The quantitative estimate of drug-likeness (QED) is 0.841. The molecule has 0 spiro atoms. The minimum absolute atomic E-state index is 0.177. The Morgan fingerprint density at radius 3 is 3.06 bits per heavy atom. The molecule has 1 aromatic rings. The van der Waals surface area contributed by atoms with Gasteiger partial charge >= 0.3 is 0 Å². The highest BCUT2D eigenvalue weighted by Gasteiger charge is 2.27. The predicted octanol–water partition coefficient (Wildman–Crippen LogP) is 2.12. The molecule has 0 aliphatic carbocycles. The van der Waals surface area contributed by atoms with E-state index in [0.717, 1.165) is 38.2 Å². The average molecular weight is 256 g/mol. The molecule has 5 heteroatoms. The van der Waals surface area contributed by atoms with Crippen LogP contribution in [0.25, 0.3) is 0 Å². The third-order valence-corrected chi connectivity index (χ3v) is 3.50. The monoisotopic (exact) mass is 255 g/mol. The van der Waals surface area contributed by atoms with Gasteiger partial charge in [-0.2, -0.15) is 0 Å². The summed E-state index contributed by atoms with van der Waals surface area (Å²) >= 11 is 5.86. The van der Waals surface area contributed by atoms with Crippen molar-refractivity contribution in [2.45, 2.75) is 32.3 Å². The summed E-state index contributed by atoms with van der Waals surface area (Å²) in [6.07, 6.45) is 4.25. The van der Waals surface area contributed by atoms with Gasteiger partial charge in [0.1, 0.15) is 17.3 Å². The van der Waals surface area contributed by atoms with Crippen LogP contribution in [0.3, 0.4) is 0 Å². The van der Waals surface area contributed by atoms with Crippen molar-refractivity contribution >= 4 is 17.4 Å². The molecule has 0 unspecified atom stereocenters. The number of aliphatic hydroxyl groups excluding tert-OH is 1. The molecule has 2 rings (SSSR count). The molecule has 1 aromatic heterocycles. The van der Waals surface area contributed by atoms with Crippen LogP contribution < -0.4 is 4.90 Å². The van der Waals surface area contributed by atoms with E-state index in [1.54, 1.807) is 6.07 Å². The first-order chi connectivity index (χ1) is 8.20. The smallest absolute Gasteiger partial charge is 0.134 e. The average Bonchev–Trinajstić information content (AvgIpc) is 2.32. The number of anilines is 1. The Kier molecular flexibility index (Phi) is 4.18. The number of halogens is 1. The van der Waals surface area contributed by atoms with Crippen molar-refractivity contribution in [1.29, 1.82) is 0 Å². The summed E-state index contributed by atoms with van der Waals surface area (Å²) in [6.45, 7) is 3.82. The SMILES string of the molecule is CCC[C@@H]1CN(c2cc(Cl)ncn2)CC[C@@H]1O. The van der Waals surface area contributed by atoms with Crippen LogP contribution in [-0.2, 0) is 0 Å². The minimum atomic E-state index is -0.177. The van der Waals surface area contributed by atoms with Gasteiger partial charge in [-0.1, -0.05) is 24.9 Å². The number of rotatable bonds is 3. The highest BCUT2D eigenvalue weighted by atomic mass is 35.5. The maximum atomic E-state index is 9.93. The number of hydrogen-bond donors (Lipinski definition) is 1. The van der Waals surface area contributed by atoms with Crippen molar-refractivity contribution in [3.05, 3.63) is 17.5 Å². The fraction of sp³-hybridized carbons (Fsp3) is 0.667.